The molecule has 0 saturated carbocycles. The van der Waals surface area contributed by atoms with Gasteiger partial charge in [-0.2, -0.15) is 0 Å². The minimum absolute atomic E-state index is 0.627. The predicted molar refractivity (Wildman–Crippen MR) is 48.1 cm³/mol. The number of rotatable bonds is 1. The van der Waals surface area contributed by atoms with E-state index in [1.807, 2.05) is 6.20 Å². The average molecular weight is 163 g/mol. The van der Waals surface area contributed by atoms with E-state index < -0.39 is 0 Å². The summed E-state index contributed by atoms with van der Waals surface area (Å²) >= 11 is 0. The number of aromatic nitrogens is 2. The van der Waals surface area contributed by atoms with Crippen molar-refractivity contribution in [2.24, 2.45) is 0 Å². The van der Waals surface area contributed by atoms with E-state index in [4.69, 9.17) is 0 Å². The highest BCUT2D eigenvalue weighted by atomic mass is 15.2. The molecule has 1 unspecified atom stereocenters. The van der Waals surface area contributed by atoms with Crippen molar-refractivity contribution in [3.05, 3.63) is 18.6 Å². The lowest BCUT2D eigenvalue weighted by Crippen LogP contribution is -2.27. The lowest BCUT2D eigenvalue weighted by atomic mass is 10.2. The van der Waals surface area contributed by atoms with Crippen LogP contribution in [0.5, 0.6) is 0 Å². The van der Waals surface area contributed by atoms with Gasteiger partial charge in [-0.25, -0.2) is 4.98 Å². The zero-order valence-electron chi connectivity index (χ0n) is 7.27. The van der Waals surface area contributed by atoms with Crippen molar-refractivity contribution in [1.82, 2.24) is 9.97 Å². The maximum absolute atomic E-state index is 4.27. The van der Waals surface area contributed by atoms with Crippen LogP contribution in [0.3, 0.4) is 0 Å². The molecule has 2 heterocycles. The largest absolute Gasteiger partial charge is 0.353 e. The number of nitrogens with zero attached hydrogens (tertiary/aromatic N) is 3. The third kappa shape index (κ3) is 1.26. The van der Waals surface area contributed by atoms with Crippen LogP contribution in [0.1, 0.15) is 19.8 Å². The van der Waals surface area contributed by atoms with E-state index in [9.17, 15) is 0 Å². The molecular weight excluding hydrogens is 150 g/mol. The third-order valence-corrected chi connectivity index (χ3v) is 2.40. The van der Waals surface area contributed by atoms with Crippen molar-refractivity contribution in [3.63, 3.8) is 0 Å². The van der Waals surface area contributed by atoms with Crippen LogP contribution in [0.15, 0.2) is 18.6 Å². The first kappa shape index (κ1) is 7.53. The summed E-state index contributed by atoms with van der Waals surface area (Å²) in [7, 11) is 0. The van der Waals surface area contributed by atoms with Gasteiger partial charge in [0.1, 0.15) is 5.82 Å². The van der Waals surface area contributed by atoms with E-state index in [1.54, 1.807) is 12.4 Å². The molecule has 1 fully saturated rings. The van der Waals surface area contributed by atoms with Crippen LogP contribution in [0.4, 0.5) is 5.82 Å². The van der Waals surface area contributed by atoms with Gasteiger partial charge in [-0.05, 0) is 19.8 Å². The molecule has 0 aliphatic carbocycles. The zero-order valence-corrected chi connectivity index (χ0v) is 7.27. The zero-order chi connectivity index (χ0) is 8.39. The Hall–Kier alpha value is -1.12. The average Bonchev–Trinajstić information content (AvgIpc) is 2.53. The Morgan fingerprint density at radius 2 is 2.42 bits per heavy atom. The minimum Gasteiger partial charge on any atom is -0.353 e. The van der Waals surface area contributed by atoms with E-state index in [2.05, 4.69) is 21.8 Å². The van der Waals surface area contributed by atoms with Crippen molar-refractivity contribution in [1.29, 1.82) is 0 Å². The maximum Gasteiger partial charge on any atom is 0.147 e. The van der Waals surface area contributed by atoms with Gasteiger partial charge in [-0.3, -0.25) is 4.98 Å². The molecule has 12 heavy (non-hydrogen) atoms. The fourth-order valence-electron chi connectivity index (χ4n) is 1.71. The summed E-state index contributed by atoms with van der Waals surface area (Å²) in [4.78, 5) is 10.6. The van der Waals surface area contributed by atoms with E-state index in [-0.39, 0.29) is 0 Å². The molecule has 0 amide bonds. The second-order valence-electron chi connectivity index (χ2n) is 3.25. The molecule has 0 spiro atoms. The Balaban J connectivity index is 2.19. The summed E-state index contributed by atoms with van der Waals surface area (Å²) in [5, 5.41) is 0. The topological polar surface area (TPSA) is 29.0 Å². The maximum atomic E-state index is 4.27. The molecule has 64 valence electrons. The molecule has 1 aliphatic rings. The molecule has 0 radical (unpaired) electrons. The van der Waals surface area contributed by atoms with E-state index in [0.717, 1.165) is 12.4 Å². The Kier molecular flexibility index (Phi) is 1.94. The molecule has 3 nitrogen and oxygen atoms in total. The van der Waals surface area contributed by atoms with Gasteiger partial charge in [-0.1, -0.05) is 0 Å². The Morgan fingerprint density at radius 1 is 1.50 bits per heavy atom. The van der Waals surface area contributed by atoms with Crippen LogP contribution in [-0.4, -0.2) is 22.6 Å². The lowest BCUT2D eigenvalue weighted by Gasteiger charge is -2.21. The highest BCUT2D eigenvalue weighted by Gasteiger charge is 2.20. The van der Waals surface area contributed by atoms with E-state index >= 15 is 0 Å². The standard InChI is InChI=1S/C9H13N3/c1-8-3-2-6-12(8)9-7-10-4-5-11-9/h4-5,7-8H,2-3,6H2,1H3. The van der Waals surface area contributed by atoms with Crippen LogP contribution in [0.25, 0.3) is 0 Å². The molecule has 1 aromatic heterocycles. The molecule has 1 atom stereocenters. The molecule has 0 bridgehead atoms. The summed E-state index contributed by atoms with van der Waals surface area (Å²) in [6.45, 7) is 3.36. The molecule has 0 aromatic carbocycles. The van der Waals surface area contributed by atoms with Gasteiger partial charge < -0.3 is 4.90 Å². The molecule has 3 heteroatoms. The van der Waals surface area contributed by atoms with Gasteiger partial charge in [0, 0.05) is 25.0 Å². The van der Waals surface area contributed by atoms with Gasteiger partial charge in [0.2, 0.25) is 0 Å². The summed E-state index contributed by atoms with van der Waals surface area (Å²) in [5.74, 6) is 1.02. The third-order valence-electron chi connectivity index (χ3n) is 2.40. The van der Waals surface area contributed by atoms with Crippen LogP contribution >= 0.6 is 0 Å². The number of hydrogen-bond donors (Lipinski definition) is 0. The second-order valence-corrected chi connectivity index (χ2v) is 3.25. The van der Waals surface area contributed by atoms with Crippen molar-refractivity contribution in [2.75, 3.05) is 11.4 Å². The molecule has 2 rings (SSSR count). The highest BCUT2D eigenvalue weighted by Crippen LogP contribution is 2.21. The highest BCUT2D eigenvalue weighted by molar-refractivity contribution is 5.37. The van der Waals surface area contributed by atoms with Crippen LogP contribution in [0, 0.1) is 0 Å². The molecule has 0 N–H and O–H groups in total. The monoisotopic (exact) mass is 163 g/mol. The van der Waals surface area contributed by atoms with Crippen LogP contribution in [0.2, 0.25) is 0 Å². The normalized spacial score (nSPS) is 23.1. The van der Waals surface area contributed by atoms with Crippen LogP contribution in [-0.2, 0) is 0 Å². The lowest BCUT2D eigenvalue weighted by molar-refractivity contribution is 0.725. The van der Waals surface area contributed by atoms with Crippen LogP contribution < -0.4 is 4.90 Å². The predicted octanol–water partition coefficient (Wildman–Crippen LogP) is 1.47. The van der Waals surface area contributed by atoms with Gasteiger partial charge in [-0.15, -0.1) is 0 Å². The van der Waals surface area contributed by atoms with Gasteiger partial charge in [0.15, 0.2) is 0 Å². The number of hydrogen-bond acceptors (Lipinski definition) is 3. The van der Waals surface area contributed by atoms with Crippen molar-refractivity contribution in [2.45, 2.75) is 25.8 Å². The molecular formula is C9H13N3. The molecule has 1 aliphatic heterocycles. The Labute approximate surface area is 72.4 Å². The first-order chi connectivity index (χ1) is 5.88. The Bertz CT molecular complexity index is 247. The summed E-state index contributed by atoms with van der Waals surface area (Å²) in [6.07, 6.45) is 7.85. The summed E-state index contributed by atoms with van der Waals surface area (Å²) in [5.41, 5.74) is 0. The summed E-state index contributed by atoms with van der Waals surface area (Å²) < 4.78 is 0. The minimum atomic E-state index is 0.627. The first-order valence-corrected chi connectivity index (χ1v) is 4.40. The fraction of sp³-hybridized carbons (Fsp3) is 0.556. The smallest absolute Gasteiger partial charge is 0.147 e. The van der Waals surface area contributed by atoms with E-state index in [1.165, 1.54) is 12.8 Å². The summed E-state index contributed by atoms with van der Waals surface area (Å²) in [6, 6.07) is 0.627. The Morgan fingerprint density at radius 3 is 3.00 bits per heavy atom. The first-order valence-electron chi connectivity index (χ1n) is 4.40. The van der Waals surface area contributed by atoms with Crippen molar-refractivity contribution in [3.8, 4) is 0 Å². The molecule has 1 aromatic rings. The second kappa shape index (κ2) is 3.09. The van der Waals surface area contributed by atoms with Gasteiger partial charge in [0.05, 0.1) is 6.20 Å². The van der Waals surface area contributed by atoms with Gasteiger partial charge >= 0.3 is 0 Å². The van der Waals surface area contributed by atoms with Gasteiger partial charge in [0.25, 0.3) is 0 Å². The fourth-order valence-corrected chi connectivity index (χ4v) is 1.71. The van der Waals surface area contributed by atoms with Crippen molar-refractivity contribution >= 4 is 5.82 Å². The molecule has 1 saturated heterocycles. The SMILES string of the molecule is CC1CCCN1c1cnccn1. The van der Waals surface area contributed by atoms with Crippen molar-refractivity contribution < 1.29 is 0 Å². The number of anilines is 1. The quantitative estimate of drug-likeness (QED) is 0.627. The van der Waals surface area contributed by atoms with E-state index in [0.29, 0.717) is 6.04 Å².